The van der Waals surface area contributed by atoms with Gasteiger partial charge in [-0.1, -0.05) is 11.6 Å². The fourth-order valence-corrected chi connectivity index (χ4v) is 3.06. The van der Waals surface area contributed by atoms with Crippen LogP contribution in [0, 0.1) is 11.7 Å². The van der Waals surface area contributed by atoms with Crippen molar-refractivity contribution < 1.29 is 13.9 Å². The molecule has 0 aliphatic carbocycles. The molecular weight excluding hydrogens is 331 g/mol. The van der Waals surface area contributed by atoms with Crippen molar-refractivity contribution in [2.45, 2.75) is 52.2 Å². The number of halogens is 2. The van der Waals surface area contributed by atoms with E-state index >= 15 is 0 Å². The maximum atomic E-state index is 13.2. The molecule has 0 saturated carbocycles. The molecule has 1 aromatic rings. The predicted molar refractivity (Wildman–Crippen MR) is 95.0 cm³/mol. The summed E-state index contributed by atoms with van der Waals surface area (Å²) >= 11 is 5.82. The van der Waals surface area contributed by atoms with E-state index in [-0.39, 0.29) is 17.2 Å². The molecule has 1 aromatic carbocycles. The van der Waals surface area contributed by atoms with Crippen LogP contribution in [0.25, 0.3) is 0 Å². The Bertz CT molecular complexity index is 581. The molecule has 0 bridgehead atoms. The lowest BCUT2D eigenvalue weighted by Gasteiger charge is -2.36. The Morgan fingerprint density at radius 1 is 1.38 bits per heavy atom. The second kappa shape index (κ2) is 7.60. The maximum Gasteiger partial charge on any atom is 0.410 e. The van der Waals surface area contributed by atoms with Crippen LogP contribution in [-0.4, -0.2) is 35.7 Å². The van der Waals surface area contributed by atoms with Gasteiger partial charge in [0.25, 0.3) is 0 Å². The smallest absolute Gasteiger partial charge is 0.410 e. The zero-order chi connectivity index (χ0) is 17.9. The average Bonchev–Trinajstić information content (AvgIpc) is 2.49. The van der Waals surface area contributed by atoms with E-state index in [0.717, 1.165) is 18.5 Å². The standard InChI is InChI=1S/C18H26ClFN2O2/c1-12(21-14-5-6-16(20)15(19)11-14)13-7-9-22(10-8-13)17(23)24-18(2,3)4/h5-6,11-13,21H,7-10H2,1-4H3. The number of nitrogens with zero attached hydrogens (tertiary/aromatic N) is 1. The highest BCUT2D eigenvalue weighted by Gasteiger charge is 2.29. The molecule has 2 rings (SSSR count). The van der Waals surface area contributed by atoms with Gasteiger partial charge >= 0.3 is 6.09 Å². The van der Waals surface area contributed by atoms with Crippen molar-refractivity contribution in [3.05, 3.63) is 29.0 Å². The molecule has 134 valence electrons. The third-order valence-corrected chi connectivity index (χ3v) is 4.50. The van der Waals surface area contributed by atoms with Gasteiger partial charge in [0.15, 0.2) is 0 Å². The number of likely N-dealkylation sites (tertiary alicyclic amines) is 1. The molecule has 0 spiro atoms. The Kier molecular flexibility index (Phi) is 5.97. The van der Waals surface area contributed by atoms with E-state index in [9.17, 15) is 9.18 Å². The number of hydrogen-bond donors (Lipinski definition) is 1. The number of carbonyl (C=O) groups excluding carboxylic acids is 1. The first-order valence-corrected chi connectivity index (χ1v) is 8.73. The Morgan fingerprint density at radius 2 is 2.00 bits per heavy atom. The van der Waals surface area contributed by atoms with Crippen LogP contribution in [0.1, 0.15) is 40.5 Å². The number of hydrogen-bond acceptors (Lipinski definition) is 3. The zero-order valence-corrected chi connectivity index (χ0v) is 15.5. The first-order chi connectivity index (χ1) is 11.2. The van der Waals surface area contributed by atoms with Crippen molar-refractivity contribution in [2.75, 3.05) is 18.4 Å². The molecule has 6 heteroatoms. The van der Waals surface area contributed by atoms with Gasteiger partial charge in [-0.15, -0.1) is 0 Å². The van der Waals surface area contributed by atoms with Crippen LogP contribution in [-0.2, 0) is 4.74 Å². The molecule has 24 heavy (non-hydrogen) atoms. The van der Waals surface area contributed by atoms with E-state index in [1.54, 1.807) is 17.0 Å². The molecule has 1 N–H and O–H groups in total. The summed E-state index contributed by atoms with van der Waals surface area (Å²) in [5, 5.41) is 3.49. The van der Waals surface area contributed by atoms with E-state index in [1.807, 2.05) is 20.8 Å². The number of nitrogens with one attached hydrogen (secondary N) is 1. The summed E-state index contributed by atoms with van der Waals surface area (Å²) in [6.45, 7) is 9.10. The molecule has 1 atom stereocenters. The van der Waals surface area contributed by atoms with Gasteiger partial charge in [-0.3, -0.25) is 0 Å². The van der Waals surface area contributed by atoms with Gasteiger partial charge in [-0.05, 0) is 64.7 Å². The van der Waals surface area contributed by atoms with Crippen molar-refractivity contribution in [3.8, 4) is 0 Å². The van der Waals surface area contributed by atoms with Crippen LogP contribution in [0.3, 0.4) is 0 Å². The summed E-state index contributed by atoms with van der Waals surface area (Å²) in [6.07, 6.45) is 1.57. The fraction of sp³-hybridized carbons (Fsp3) is 0.611. The number of amides is 1. The lowest BCUT2D eigenvalue weighted by atomic mass is 9.90. The molecule has 1 saturated heterocycles. The van der Waals surface area contributed by atoms with Crippen LogP contribution in [0.5, 0.6) is 0 Å². The highest BCUT2D eigenvalue weighted by Crippen LogP contribution is 2.26. The third-order valence-electron chi connectivity index (χ3n) is 4.21. The van der Waals surface area contributed by atoms with Crippen molar-refractivity contribution in [3.63, 3.8) is 0 Å². The maximum absolute atomic E-state index is 13.2. The minimum Gasteiger partial charge on any atom is -0.444 e. The van der Waals surface area contributed by atoms with Gasteiger partial charge in [0.2, 0.25) is 0 Å². The molecule has 0 aromatic heterocycles. The van der Waals surface area contributed by atoms with Crippen molar-refractivity contribution in [1.29, 1.82) is 0 Å². The summed E-state index contributed by atoms with van der Waals surface area (Å²) in [6, 6.07) is 4.87. The number of ether oxygens (including phenoxy) is 1. The monoisotopic (exact) mass is 356 g/mol. The minimum absolute atomic E-state index is 0.118. The second-order valence-electron chi connectivity index (χ2n) is 7.37. The summed E-state index contributed by atoms with van der Waals surface area (Å²) in [7, 11) is 0. The van der Waals surface area contributed by atoms with Gasteiger partial charge in [0, 0.05) is 24.8 Å². The number of anilines is 1. The molecule has 1 aliphatic heterocycles. The average molecular weight is 357 g/mol. The third kappa shape index (κ3) is 5.26. The summed E-state index contributed by atoms with van der Waals surface area (Å²) in [5.41, 5.74) is 0.341. The molecule has 1 aliphatic rings. The minimum atomic E-state index is -0.468. The van der Waals surface area contributed by atoms with Crippen molar-refractivity contribution >= 4 is 23.4 Å². The molecular formula is C18H26ClFN2O2. The quantitative estimate of drug-likeness (QED) is 0.835. The summed E-state index contributed by atoms with van der Waals surface area (Å²) in [4.78, 5) is 13.9. The Hall–Kier alpha value is -1.49. The lowest BCUT2D eigenvalue weighted by molar-refractivity contribution is 0.0179. The first kappa shape index (κ1) is 18.8. The zero-order valence-electron chi connectivity index (χ0n) is 14.7. The highest BCUT2D eigenvalue weighted by atomic mass is 35.5. The van der Waals surface area contributed by atoms with Crippen LogP contribution in [0.4, 0.5) is 14.9 Å². The van der Waals surface area contributed by atoms with Crippen LogP contribution in [0.2, 0.25) is 5.02 Å². The Balaban J connectivity index is 1.85. The van der Waals surface area contributed by atoms with Gasteiger partial charge in [0.05, 0.1) is 5.02 Å². The number of carbonyl (C=O) groups is 1. The lowest BCUT2D eigenvalue weighted by Crippen LogP contribution is -2.44. The van der Waals surface area contributed by atoms with Gasteiger partial charge in [0.1, 0.15) is 11.4 Å². The largest absolute Gasteiger partial charge is 0.444 e. The fourth-order valence-electron chi connectivity index (χ4n) is 2.88. The van der Waals surface area contributed by atoms with Crippen LogP contribution in [0.15, 0.2) is 18.2 Å². The van der Waals surface area contributed by atoms with Crippen LogP contribution >= 0.6 is 11.6 Å². The molecule has 0 radical (unpaired) electrons. The molecule has 1 amide bonds. The molecule has 1 unspecified atom stereocenters. The molecule has 1 fully saturated rings. The van der Waals surface area contributed by atoms with Crippen molar-refractivity contribution in [1.82, 2.24) is 4.90 Å². The molecule has 1 heterocycles. The SMILES string of the molecule is CC(Nc1ccc(F)c(Cl)c1)C1CCN(C(=O)OC(C)(C)C)CC1. The summed E-state index contributed by atoms with van der Waals surface area (Å²) < 4.78 is 18.6. The number of rotatable bonds is 3. The van der Waals surface area contributed by atoms with E-state index < -0.39 is 11.4 Å². The van der Waals surface area contributed by atoms with E-state index in [4.69, 9.17) is 16.3 Å². The van der Waals surface area contributed by atoms with E-state index in [0.29, 0.717) is 19.0 Å². The Morgan fingerprint density at radius 3 is 2.54 bits per heavy atom. The van der Waals surface area contributed by atoms with E-state index in [2.05, 4.69) is 12.2 Å². The summed E-state index contributed by atoms with van der Waals surface area (Å²) in [5.74, 6) is 0.0213. The second-order valence-corrected chi connectivity index (χ2v) is 7.77. The van der Waals surface area contributed by atoms with E-state index in [1.165, 1.54) is 6.07 Å². The van der Waals surface area contributed by atoms with Gasteiger partial charge in [-0.2, -0.15) is 0 Å². The van der Waals surface area contributed by atoms with Gasteiger partial charge in [-0.25, -0.2) is 9.18 Å². The van der Waals surface area contributed by atoms with Crippen LogP contribution < -0.4 is 5.32 Å². The highest BCUT2D eigenvalue weighted by molar-refractivity contribution is 6.31. The topological polar surface area (TPSA) is 41.6 Å². The van der Waals surface area contributed by atoms with Crippen molar-refractivity contribution in [2.24, 2.45) is 5.92 Å². The predicted octanol–water partition coefficient (Wildman–Crippen LogP) is 4.93. The number of benzene rings is 1. The van der Waals surface area contributed by atoms with Gasteiger partial charge < -0.3 is 15.0 Å². The molecule has 4 nitrogen and oxygen atoms in total. The first-order valence-electron chi connectivity index (χ1n) is 8.35. The Labute approximate surface area is 148 Å². The number of piperidine rings is 1. The normalized spacial score (nSPS) is 17.5.